The molecule has 2 aliphatic heterocycles. The van der Waals surface area contributed by atoms with Crippen LogP contribution in [0.3, 0.4) is 0 Å². The molecule has 0 radical (unpaired) electrons. The third-order valence-electron chi connectivity index (χ3n) is 2.86. The number of piperidine rings is 1. The van der Waals surface area contributed by atoms with Crippen LogP contribution in [0.1, 0.15) is 42.9 Å². The van der Waals surface area contributed by atoms with Crippen molar-refractivity contribution in [3.63, 3.8) is 0 Å². The highest BCUT2D eigenvalue weighted by molar-refractivity contribution is 5.84. The lowest BCUT2D eigenvalue weighted by molar-refractivity contribution is -0.132. The first-order chi connectivity index (χ1) is 6.87. The second kappa shape index (κ2) is 3.22. The van der Waals surface area contributed by atoms with Crippen LogP contribution < -0.4 is 0 Å². The fourth-order valence-electron chi connectivity index (χ4n) is 2.29. The van der Waals surface area contributed by atoms with Gasteiger partial charge in [0.05, 0.1) is 0 Å². The number of carbonyl (C=O) groups is 2. The van der Waals surface area contributed by atoms with Crippen molar-refractivity contribution in [3.8, 4) is 0 Å². The summed E-state index contributed by atoms with van der Waals surface area (Å²) in [6.07, 6.45) is 1.72. The summed E-state index contributed by atoms with van der Waals surface area (Å²) in [6.45, 7) is 5.56. The zero-order valence-corrected chi connectivity index (χ0v) is 9.45. The van der Waals surface area contributed by atoms with Crippen molar-refractivity contribution in [3.05, 3.63) is 0 Å². The molecule has 2 atom stereocenters. The Bertz CT molecular complexity index is 300. The molecule has 0 aromatic rings. The third-order valence-corrected chi connectivity index (χ3v) is 2.86. The maximum Gasteiger partial charge on any atom is 0.410 e. The van der Waals surface area contributed by atoms with Gasteiger partial charge in [0.2, 0.25) is 0 Å². The van der Waals surface area contributed by atoms with Gasteiger partial charge in [0.1, 0.15) is 11.4 Å². The lowest BCUT2D eigenvalue weighted by Crippen LogP contribution is -2.63. The molecule has 4 heteroatoms. The minimum atomic E-state index is -0.453. The molecule has 88 valence electrons. The number of carbonyl (C=O) groups excluding carboxylic acids is 2. The molecule has 3 fully saturated rings. The van der Waals surface area contributed by atoms with E-state index in [9.17, 15) is 9.59 Å². The Morgan fingerprint density at radius 2 is 1.93 bits per heavy atom. The van der Waals surface area contributed by atoms with Gasteiger partial charge in [-0.05, 0) is 27.2 Å². The predicted molar refractivity (Wildman–Crippen MR) is 58.7 cm³/mol. The van der Waals surface area contributed by atoms with Gasteiger partial charge in [-0.2, -0.15) is 0 Å². The Labute approximate surface area is 92.5 Å². The quantitative estimate of drug-likeness (QED) is 0.622. The van der Waals surface area contributed by atoms with Gasteiger partial charge in [0.25, 0.3) is 0 Å². The minimum absolute atomic E-state index is 0. The van der Waals surface area contributed by atoms with Crippen molar-refractivity contribution in [1.82, 2.24) is 4.90 Å². The zero-order valence-electron chi connectivity index (χ0n) is 9.45. The molecule has 0 spiro atoms. The number of hydrogen-bond donors (Lipinski definition) is 0. The number of Topliss-reactive ketones (excluding diaryl/α,β-unsaturated/α-hetero) is 1. The van der Waals surface area contributed by atoms with Crippen molar-refractivity contribution >= 4 is 11.9 Å². The first-order valence-electron chi connectivity index (χ1n) is 5.40. The van der Waals surface area contributed by atoms with Gasteiger partial charge in [-0.25, -0.2) is 4.79 Å². The average molecular weight is 215 g/mol. The number of fused-ring (bicyclic) bond motifs is 2. The molecule has 15 heavy (non-hydrogen) atoms. The van der Waals surface area contributed by atoms with Gasteiger partial charge in [-0.1, -0.05) is 0 Å². The normalized spacial score (nSPS) is 29.8. The van der Waals surface area contributed by atoms with Crippen LogP contribution in [-0.4, -0.2) is 34.5 Å². The number of nitrogens with zero attached hydrogens (tertiary/aromatic N) is 1. The molecule has 2 saturated heterocycles. The molecule has 0 aromatic heterocycles. The number of ketones is 1. The van der Waals surface area contributed by atoms with Crippen molar-refractivity contribution in [1.29, 1.82) is 0 Å². The van der Waals surface area contributed by atoms with Gasteiger partial charge < -0.3 is 9.64 Å². The largest absolute Gasteiger partial charge is 0.444 e. The number of rotatable bonds is 0. The van der Waals surface area contributed by atoms with Crippen LogP contribution in [0.25, 0.3) is 0 Å². The fraction of sp³-hybridized carbons (Fsp3) is 0.818. The van der Waals surface area contributed by atoms with E-state index < -0.39 is 5.60 Å². The van der Waals surface area contributed by atoms with Crippen LogP contribution in [0.2, 0.25) is 0 Å². The van der Waals surface area contributed by atoms with Crippen LogP contribution in [0, 0.1) is 0 Å². The summed E-state index contributed by atoms with van der Waals surface area (Å²) < 4.78 is 5.29. The molecule has 1 amide bonds. The Hall–Kier alpha value is -1.06. The fourth-order valence-corrected chi connectivity index (χ4v) is 2.29. The highest BCUT2D eigenvalue weighted by Crippen LogP contribution is 2.37. The summed E-state index contributed by atoms with van der Waals surface area (Å²) in [6, 6.07) is 0.206. The molecule has 3 rings (SSSR count). The van der Waals surface area contributed by atoms with Crippen LogP contribution >= 0.6 is 0 Å². The molecule has 0 N–H and O–H groups in total. The van der Waals surface area contributed by atoms with E-state index in [0.717, 1.165) is 6.42 Å². The Morgan fingerprint density at radius 3 is 2.40 bits per heavy atom. The summed E-state index contributed by atoms with van der Waals surface area (Å²) in [5.41, 5.74) is -0.453. The first kappa shape index (κ1) is 10.5. The summed E-state index contributed by atoms with van der Waals surface area (Å²) in [7, 11) is 0. The summed E-state index contributed by atoms with van der Waals surface area (Å²) in [4.78, 5) is 24.7. The SMILES string of the molecule is CC(C)(C)OC(=O)N1C2CC(=O)CC1C2.[HH].[HH]. The summed E-state index contributed by atoms with van der Waals surface area (Å²) in [5, 5.41) is 0. The van der Waals surface area contributed by atoms with Gasteiger partial charge in [0, 0.05) is 27.8 Å². The molecule has 2 unspecified atom stereocenters. The summed E-state index contributed by atoms with van der Waals surface area (Å²) in [5.74, 6) is 0.274. The average Bonchev–Trinajstić information content (AvgIpc) is 1.98. The molecule has 1 aliphatic carbocycles. The topological polar surface area (TPSA) is 46.6 Å². The second-order valence-electron chi connectivity index (χ2n) is 5.38. The minimum Gasteiger partial charge on any atom is -0.444 e. The molecule has 0 aromatic carbocycles. The number of ether oxygens (including phenoxy) is 1. The highest BCUT2D eigenvalue weighted by atomic mass is 16.6. The molecule has 4 nitrogen and oxygen atoms in total. The van der Waals surface area contributed by atoms with E-state index in [1.807, 2.05) is 20.8 Å². The maximum absolute atomic E-state index is 11.8. The van der Waals surface area contributed by atoms with E-state index in [0.29, 0.717) is 12.8 Å². The van der Waals surface area contributed by atoms with E-state index >= 15 is 0 Å². The first-order valence-corrected chi connectivity index (χ1v) is 5.40. The van der Waals surface area contributed by atoms with Crippen molar-refractivity contribution in [2.45, 2.75) is 57.7 Å². The molecular formula is C11H21NO3. The highest BCUT2D eigenvalue weighted by Gasteiger charge is 2.48. The lowest BCUT2D eigenvalue weighted by Gasteiger charge is -2.51. The van der Waals surface area contributed by atoms with Crippen molar-refractivity contribution in [2.75, 3.05) is 0 Å². The van der Waals surface area contributed by atoms with E-state index in [1.54, 1.807) is 4.90 Å². The van der Waals surface area contributed by atoms with Crippen LogP contribution in [0.5, 0.6) is 0 Å². The molecule has 2 heterocycles. The molecule has 2 bridgehead atoms. The third kappa shape index (κ3) is 1.98. The van der Waals surface area contributed by atoms with Gasteiger partial charge in [0.15, 0.2) is 0 Å². The van der Waals surface area contributed by atoms with Crippen LogP contribution in [0.15, 0.2) is 0 Å². The molecular weight excluding hydrogens is 194 g/mol. The Kier molecular flexibility index (Phi) is 2.24. The van der Waals surface area contributed by atoms with E-state index in [1.165, 1.54) is 0 Å². The van der Waals surface area contributed by atoms with E-state index in [4.69, 9.17) is 4.74 Å². The number of hydrogen-bond acceptors (Lipinski definition) is 3. The smallest absolute Gasteiger partial charge is 0.410 e. The van der Waals surface area contributed by atoms with Crippen LogP contribution in [0.4, 0.5) is 4.79 Å². The van der Waals surface area contributed by atoms with Gasteiger partial charge in [-0.15, -0.1) is 0 Å². The van der Waals surface area contributed by atoms with E-state index in [-0.39, 0.29) is 26.8 Å². The summed E-state index contributed by atoms with van der Waals surface area (Å²) >= 11 is 0. The lowest BCUT2D eigenvalue weighted by atomic mass is 9.79. The second-order valence-corrected chi connectivity index (χ2v) is 5.38. The predicted octanol–water partition coefficient (Wildman–Crippen LogP) is 2.22. The van der Waals surface area contributed by atoms with Gasteiger partial charge in [-0.3, -0.25) is 4.79 Å². The zero-order chi connectivity index (χ0) is 11.2. The maximum atomic E-state index is 11.8. The standard InChI is InChI=1S/C11H17NO3.2H2/c1-11(2,3)15-10(14)12-7-4-8(12)6-9(13)5-7;;/h7-8H,4-6H2,1-3H3;2*1H. The van der Waals surface area contributed by atoms with Crippen molar-refractivity contribution in [2.24, 2.45) is 0 Å². The monoisotopic (exact) mass is 215 g/mol. The Balaban J connectivity index is 0.00000128. The molecule has 3 aliphatic rings. The Morgan fingerprint density at radius 1 is 1.40 bits per heavy atom. The van der Waals surface area contributed by atoms with Gasteiger partial charge >= 0.3 is 6.09 Å². The van der Waals surface area contributed by atoms with Crippen LogP contribution in [-0.2, 0) is 9.53 Å². The van der Waals surface area contributed by atoms with E-state index in [2.05, 4.69) is 0 Å². The van der Waals surface area contributed by atoms with Crippen molar-refractivity contribution < 1.29 is 17.2 Å². The number of amides is 1. The molecule has 1 saturated carbocycles.